The zero-order chi connectivity index (χ0) is 13.7. The van der Waals surface area contributed by atoms with Crippen LogP contribution in [0, 0.1) is 0 Å². The molecular formula is C14H15ClN2O2. The first-order valence-corrected chi connectivity index (χ1v) is 6.66. The number of para-hydroxylation sites is 1. The smallest absolute Gasteiger partial charge is 0.268 e. The molecule has 0 aliphatic rings. The zero-order valence-corrected chi connectivity index (χ0v) is 11.4. The van der Waals surface area contributed by atoms with Crippen LogP contribution < -0.4 is 10.3 Å². The third-order valence-electron chi connectivity index (χ3n) is 2.65. The van der Waals surface area contributed by atoms with Crippen molar-refractivity contribution in [1.29, 1.82) is 0 Å². The Bertz CT molecular complexity index is 610. The van der Waals surface area contributed by atoms with Crippen LogP contribution >= 0.6 is 11.6 Å². The second-order valence-corrected chi connectivity index (χ2v) is 4.35. The molecular weight excluding hydrogens is 264 g/mol. The summed E-state index contributed by atoms with van der Waals surface area (Å²) in [5.74, 6) is 0.910. The maximum absolute atomic E-state index is 11.5. The van der Waals surface area contributed by atoms with E-state index in [1.807, 2.05) is 31.2 Å². The Morgan fingerprint density at radius 3 is 2.89 bits per heavy atom. The van der Waals surface area contributed by atoms with Gasteiger partial charge in [0, 0.05) is 11.1 Å². The molecule has 0 saturated heterocycles. The number of hydrogen-bond acceptors (Lipinski definition) is 3. The highest BCUT2D eigenvalue weighted by Crippen LogP contribution is 2.28. The first kappa shape index (κ1) is 13.6. The van der Waals surface area contributed by atoms with Gasteiger partial charge in [0.2, 0.25) is 0 Å². The molecule has 0 atom stereocenters. The molecule has 1 heterocycles. The van der Waals surface area contributed by atoms with E-state index in [2.05, 4.69) is 10.2 Å². The molecule has 2 rings (SSSR count). The summed E-state index contributed by atoms with van der Waals surface area (Å²) in [6, 6.07) is 9.30. The minimum atomic E-state index is -0.259. The van der Waals surface area contributed by atoms with E-state index >= 15 is 0 Å². The molecule has 0 unspecified atom stereocenters. The van der Waals surface area contributed by atoms with Crippen LogP contribution in [0.3, 0.4) is 0 Å². The summed E-state index contributed by atoms with van der Waals surface area (Å²) in [5, 5.41) is 6.51. The molecule has 19 heavy (non-hydrogen) atoms. The molecule has 0 amide bonds. The second kappa shape index (κ2) is 6.38. The van der Waals surface area contributed by atoms with Gasteiger partial charge in [0.25, 0.3) is 5.56 Å². The number of aromatic amines is 1. The van der Waals surface area contributed by atoms with Crippen LogP contribution in [0.5, 0.6) is 5.75 Å². The zero-order valence-electron chi connectivity index (χ0n) is 10.6. The van der Waals surface area contributed by atoms with Gasteiger partial charge in [0.1, 0.15) is 5.75 Å². The lowest BCUT2D eigenvalue weighted by atomic mass is 10.1. The lowest BCUT2D eigenvalue weighted by molar-refractivity contribution is 0.318. The first-order valence-electron chi connectivity index (χ1n) is 6.13. The number of nitrogens with zero attached hydrogens (tertiary/aromatic N) is 1. The van der Waals surface area contributed by atoms with Gasteiger partial charge in [-0.2, -0.15) is 5.10 Å². The van der Waals surface area contributed by atoms with Crippen LogP contribution in [0.4, 0.5) is 0 Å². The van der Waals surface area contributed by atoms with Crippen molar-refractivity contribution < 1.29 is 4.74 Å². The largest absolute Gasteiger partial charge is 0.493 e. The number of ether oxygens (including phenoxy) is 1. The Morgan fingerprint density at radius 2 is 2.16 bits per heavy atom. The number of benzene rings is 1. The van der Waals surface area contributed by atoms with E-state index in [4.69, 9.17) is 16.3 Å². The van der Waals surface area contributed by atoms with Crippen LogP contribution in [-0.2, 0) is 5.88 Å². The fourth-order valence-electron chi connectivity index (χ4n) is 1.70. The monoisotopic (exact) mass is 278 g/mol. The average Bonchev–Trinajstić information content (AvgIpc) is 2.46. The normalized spacial score (nSPS) is 10.4. The quantitative estimate of drug-likeness (QED) is 0.856. The van der Waals surface area contributed by atoms with E-state index in [0.29, 0.717) is 17.9 Å². The van der Waals surface area contributed by atoms with E-state index in [1.54, 1.807) is 6.07 Å². The van der Waals surface area contributed by atoms with Gasteiger partial charge in [-0.15, -0.1) is 11.6 Å². The fraction of sp³-hybridized carbons (Fsp3) is 0.286. The van der Waals surface area contributed by atoms with E-state index in [-0.39, 0.29) is 11.4 Å². The number of halogens is 1. The van der Waals surface area contributed by atoms with Gasteiger partial charge in [0.15, 0.2) is 0 Å². The molecule has 2 aromatic rings. The van der Waals surface area contributed by atoms with Crippen molar-refractivity contribution in [3.8, 4) is 17.0 Å². The molecule has 0 saturated carbocycles. The average molecular weight is 279 g/mol. The van der Waals surface area contributed by atoms with Gasteiger partial charge >= 0.3 is 0 Å². The summed E-state index contributed by atoms with van der Waals surface area (Å²) in [4.78, 5) is 11.5. The summed E-state index contributed by atoms with van der Waals surface area (Å²) < 4.78 is 5.68. The summed E-state index contributed by atoms with van der Waals surface area (Å²) in [7, 11) is 0. The molecule has 0 bridgehead atoms. The molecule has 0 spiro atoms. The molecule has 0 fully saturated rings. The number of rotatable bonds is 5. The summed E-state index contributed by atoms with van der Waals surface area (Å²) in [6.45, 7) is 2.69. The lowest BCUT2D eigenvalue weighted by Gasteiger charge is -2.10. The minimum Gasteiger partial charge on any atom is -0.493 e. The number of hydrogen-bond donors (Lipinski definition) is 1. The third-order valence-corrected chi connectivity index (χ3v) is 2.94. The third kappa shape index (κ3) is 3.15. The molecule has 1 aromatic carbocycles. The van der Waals surface area contributed by atoms with Crippen LogP contribution in [-0.4, -0.2) is 16.8 Å². The Kier molecular flexibility index (Phi) is 4.58. The Labute approximate surface area is 116 Å². The molecule has 1 aromatic heterocycles. The number of aromatic nitrogens is 2. The van der Waals surface area contributed by atoms with Crippen molar-refractivity contribution in [2.24, 2.45) is 0 Å². The van der Waals surface area contributed by atoms with E-state index in [9.17, 15) is 4.79 Å². The predicted octanol–water partition coefficient (Wildman–Crippen LogP) is 2.96. The van der Waals surface area contributed by atoms with Crippen molar-refractivity contribution in [3.05, 3.63) is 46.2 Å². The molecule has 4 nitrogen and oxygen atoms in total. The highest BCUT2D eigenvalue weighted by atomic mass is 35.5. The van der Waals surface area contributed by atoms with Crippen molar-refractivity contribution in [3.63, 3.8) is 0 Å². The lowest BCUT2D eigenvalue weighted by Crippen LogP contribution is -2.13. The van der Waals surface area contributed by atoms with Gasteiger partial charge in [0.05, 0.1) is 18.2 Å². The minimum absolute atomic E-state index is 0.156. The van der Waals surface area contributed by atoms with Gasteiger partial charge in [-0.05, 0) is 24.6 Å². The first-order chi connectivity index (χ1) is 9.26. The van der Waals surface area contributed by atoms with Gasteiger partial charge in [-0.25, -0.2) is 5.10 Å². The van der Waals surface area contributed by atoms with Crippen molar-refractivity contribution in [2.45, 2.75) is 19.2 Å². The van der Waals surface area contributed by atoms with Gasteiger partial charge in [-0.1, -0.05) is 19.1 Å². The van der Waals surface area contributed by atoms with Crippen LogP contribution in [0.15, 0.2) is 35.1 Å². The Hall–Kier alpha value is -1.81. The topological polar surface area (TPSA) is 55.0 Å². The van der Waals surface area contributed by atoms with Crippen molar-refractivity contribution >= 4 is 11.6 Å². The second-order valence-electron chi connectivity index (χ2n) is 4.09. The Balaban J connectivity index is 2.43. The molecule has 0 aliphatic carbocycles. The van der Waals surface area contributed by atoms with Crippen LogP contribution in [0.25, 0.3) is 11.3 Å². The van der Waals surface area contributed by atoms with Gasteiger partial charge < -0.3 is 4.74 Å². The van der Waals surface area contributed by atoms with Crippen LogP contribution in [0.1, 0.15) is 18.9 Å². The number of nitrogens with one attached hydrogen (secondary N) is 1. The van der Waals surface area contributed by atoms with Crippen LogP contribution in [0.2, 0.25) is 0 Å². The van der Waals surface area contributed by atoms with Gasteiger partial charge in [-0.3, -0.25) is 4.79 Å². The standard InChI is InChI=1S/C14H15ClN2O2/c1-2-7-19-13-6-4-3-5-11(13)12-8-10(9-15)14(18)17-16-12/h3-6,8H,2,7,9H2,1H3,(H,17,18). The fourth-order valence-corrected chi connectivity index (χ4v) is 1.90. The molecule has 0 aliphatic heterocycles. The molecule has 0 radical (unpaired) electrons. The van der Waals surface area contributed by atoms with Crippen molar-refractivity contribution in [1.82, 2.24) is 10.2 Å². The van der Waals surface area contributed by atoms with Crippen molar-refractivity contribution in [2.75, 3.05) is 6.61 Å². The van der Waals surface area contributed by atoms with E-state index in [0.717, 1.165) is 17.7 Å². The maximum Gasteiger partial charge on any atom is 0.268 e. The number of alkyl halides is 1. The Morgan fingerprint density at radius 1 is 1.37 bits per heavy atom. The predicted molar refractivity (Wildman–Crippen MR) is 75.6 cm³/mol. The van der Waals surface area contributed by atoms with E-state index < -0.39 is 0 Å². The molecule has 5 heteroatoms. The highest BCUT2D eigenvalue weighted by molar-refractivity contribution is 6.17. The highest BCUT2D eigenvalue weighted by Gasteiger charge is 2.09. The van der Waals surface area contributed by atoms with E-state index in [1.165, 1.54) is 0 Å². The summed E-state index contributed by atoms with van der Waals surface area (Å²) in [5.41, 5.74) is 1.74. The molecule has 100 valence electrons. The molecule has 1 N–H and O–H groups in total. The maximum atomic E-state index is 11.5. The number of H-pyrrole nitrogens is 1. The summed E-state index contributed by atoms with van der Waals surface area (Å²) >= 11 is 5.74. The summed E-state index contributed by atoms with van der Waals surface area (Å²) in [6.07, 6.45) is 0.931. The SMILES string of the molecule is CCCOc1ccccc1-c1cc(CCl)c(=O)[nH]n1.